The van der Waals surface area contributed by atoms with Gasteiger partial charge in [-0.25, -0.2) is 9.97 Å². The van der Waals surface area contributed by atoms with Crippen LogP contribution in [-0.2, 0) is 6.18 Å². The van der Waals surface area contributed by atoms with Gasteiger partial charge in [-0.2, -0.15) is 13.2 Å². The molecule has 2 rings (SSSR count). The number of halogens is 3. The lowest BCUT2D eigenvalue weighted by Crippen LogP contribution is -2.08. The average molecular weight is 255 g/mol. The summed E-state index contributed by atoms with van der Waals surface area (Å²) in [7, 11) is 0. The zero-order valence-corrected chi connectivity index (χ0v) is 9.25. The van der Waals surface area contributed by atoms with Gasteiger partial charge >= 0.3 is 6.18 Å². The second-order valence-corrected chi connectivity index (χ2v) is 3.71. The molecule has 94 valence electrons. The molecule has 0 amide bonds. The Morgan fingerprint density at radius 2 is 1.89 bits per heavy atom. The van der Waals surface area contributed by atoms with Crippen molar-refractivity contribution in [3.05, 3.63) is 29.5 Å². The number of Topliss-reactive ketones (excluding diaryl/α,β-unsaturated/α-hetero) is 1. The molecule has 1 aromatic heterocycles. The molecule has 1 aromatic carbocycles. The number of nitrogens with zero attached hydrogens (tertiary/aromatic N) is 2. The van der Waals surface area contributed by atoms with Crippen molar-refractivity contribution >= 4 is 22.6 Å². The Bertz CT molecular complexity index is 637. The first-order valence-corrected chi connectivity index (χ1v) is 4.94. The van der Waals surface area contributed by atoms with Crippen molar-refractivity contribution in [1.82, 2.24) is 9.97 Å². The van der Waals surface area contributed by atoms with Gasteiger partial charge in [0.15, 0.2) is 11.6 Å². The van der Waals surface area contributed by atoms with E-state index in [4.69, 9.17) is 5.73 Å². The third kappa shape index (κ3) is 2.11. The molecule has 0 bridgehead atoms. The van der Waals surface area contributed by atoms with Crippen molar-refractivity contribution in [3.8, 4) is 0 Å². The van der Waals surface area contributed by atoms with E-state index in [1.54, 1.807) is 0 Å². The number of anilines is 1. The molecule has 0 unspecified atom stereocenters. The number of alkyl halides is 3. The molecule has 2 N–H and O–H groups in total. The minimum absolute atomic E-state index is 0.00998. The summed E-state index contributed by atoms with van der Waals surface area (Å²) in [6.45, 7) is 1.22. The highest BCUT2D eigenvalue weighted by molar-refractivity contribution is 5.98. The van der Waals surface area contributed by atoms with Crippen LogP contribution in [0.15, 0.2) is 18.2 Å². The number of rotatable bonds is 1. The third-order valence-electron chi connectivity index (χ3n) is 2.35. The Hall–Kier alpha value is -2.18. The monoisotopic (exact) mass is 255 g/mol. The summed E-state index contributed by atoms with van der Waals surface area (Å²) in [5.41, 5.74) is 4.73. The van der Waals surface area contributed by atoms with Crippen molar-refractivity contribution in [1.29, 1.82) is 0 Å². The number of hydrogen-bond acceptors (Lipinski definition) is 4. The largest absolute Gasteiger partial charge is 0.416 e. The van der Waals surface area contributed by atoms with Crippen molar-refractivity contribution < 1.29 is 18.0 Å². The molecular weight excluding hydrogens is 247 g/mol. The summed E-state index contributed by atoms with van der Waals surface area (Å²) in [6, 6.07) is 2.91. The summed E-state index contributed by atoms with van der Waals surface area (Å²) >= 11 is 0. The van der Waals surface area contributed by atoms with E-state index in [2.05, 4.69) is 9.97 Å². The fourth-order valence-corrected chi connectivity index (χ4v) is 1.50. The van der Waals surface area contributed by atoms with Crippen molar-refractivity contribution in [3.63, 3.8) is 0 Å². The second kappa shape index (κ2) is 3.94. The van der Waals surface area contributed by atoms with E-state index >= 15 is 0 Å². The van der Waals surface area contributed by atoms with Crippen LogP contribution in [0, 0.1) is 0 Å². The Labute approximate surface area is 99.6 Å². The molecule has 0 aliphatic heterocycles. The molecule has 0 aliphatic rings. The van der Waals surface area contributed by atoms with Crippen molar-refractivity contribution in [2.24, 2.45) is 0 Å². The number of aromatic nitrogens is 2. The minimum Gasteiger partial charge on any atom is -0.382 e. The zero-order chi connectivity index (χ0) is 13.5. The molecule has 1 heterocycles. The van der Waals surface area contributed by atoms with Gasteiger partial charge in [0, 0.05) is 6.92 Å². The molecule has 4 nitrogen and oxygen atoms in total. The Balaban J connectivity index is 2.69. The van der Waals surface area contributed by atoms with Crippen LogP contribution in [0.3, 0.4) is 0 Å². The first-order chi connectivity index (χ1) is 8.29. The van der Waals surface area contributed by atoms with E-state index in [9.17, 15) is 18.0 Å². The molecule has 0 radical (unpaired) electrons. The van der Waals surface area contributed by atoms with Gasteiger partial charge < -0.3 is 5.73 Å². The number of ketones is 1. The first kappa shape index (κ1) is 12.3. The summed E-state index contributed by atoms with van der Waals surface area (Å²) in [6.07, 6.45) is -4.46. The summed E-state index contributed by atoms with van der Waals surface area (Å²) in [5, 5.41) is 0. The van der Waals surface area contributed by atoms with E-state index in [0.29, 0.717) is 0 Å². The predicted molar refractivity (Wildman–Crippen MR) is 59.0 cm³/mol. The van der Waals surface area contributed by atoms with Crippen molar-refractivity contribution in [2.45, 2.75) is 13.1 Å². The van der Waals surface area contributed by atoms with Crippen LogP contribution >= 0.6 is 0 Å². The van der Waals surface area contributed by atoms with Gasteiger partial charge in [0.05, 0.1) is 16.6 Å². The number of carbonyl (C=O) groups is 1. The maximum absolute atomic E-state index is 12.5. The fraction of sp³-hybridized carbons (Fsp3) is 0.182. The fourth-order valence-electron chi connectivity index (χ4n) is 1.50. The van der Waals surface area contributed by atoms with Crippen molar-refractivity contribution in [2.75, 3.05) is 5.73 Å². The number of benzene rings is 1. The Kier molecular flexibility index (Phi) is 2.68. The number of fused-ring (bicyclic) bond motifs is 1. The Morgan fingerprint density at radius 3 is 2.44 bits per heavy atom. The SMILES string of the molecule is CC(=O)c1nc2cc(C(F)(F)F)ccc2nc1N. The topological polar surface area (TPSA) is 68.9 Å². The molecule has 18 heavy (non-hydrogen) atoms. The lowest BCUT2D eigenvalue weighted by atomic mass is 10.1. The highest BCUT2D eigenvalue weighted by atomic mass is 19.4. The third-order valence-corrected chi connectivity index (χ3v) is 2.35. The summed E-state index contributed by atoms with van der Waals surface area (Å²) in [5.74, 6) is -0.533. The van der Waals surface area contributed by atoms with E-state index in [-0.39, 0.29) is 22.5 Å². The molecule has 0 saturated heterocycles. The van der Waals surface area contributed by atoms with Crippen LogP contribution in [0.4, 0.5) is 19.0 Å². The maximum atomic E-state index is 12.5. The van der Waals surface area contributed by atoms with Gasteiger partial charge in [-0.1, -0.05) is 0 Å². The van der Waals surface area contributed by atoms with Crippen LogP contribution in [-0.4, -0.2) is 15.8 Å². The number of hydrogen-bond donors (Lipinski definition) is 1. The standard InChI is InChI=1S/C11H8F3N3O/c1-5(18)9-10(15)17-7-3-2-6(11(12,13)14)4-8(7)16-9/h2-4H,1H3,(H2,15,17). The van der Waals surface area contributed by atoms with E-state index in [1.165, 1.54) is 13.0 Å². The Morgan fingerprint density at radius 1 is 1.22 bits per heavy atom. The second-order valence-electron chi connectivity index (χ2n) is 3.71. The van der Waals surface area contributed by atoms with Crippen LogP contribution in [0.5, 0.6) is 0 Å². The highest BCUT2D eigenvalue weighted by Gasteiger charge is 2.30. The predicted octanol–water partition coefficient (Wildman–Crippen LogP) is 2.43. The summed E-state index contributed by atoms with van der Waals surface area (Å²) < 4.78 is 37.5. The highest BCUT2D eigenvalue weighted by Crippen LogP contribution is 2.30. The van der Waals surface area contributed by atoms with Gasteiger partial charge in [0.2, 0.25) is 0 Å². The molecule has 0 saturated carbocycles. The summed E-state index contributed by atoms with van der Waals surface area (Å²) in [4.78, 5) is 18.8. The maximum Gasteiger partial charge on any atom is 0.416 e. The lowest BCUT2D eigenvalue weighted by molar-refractivity contribution is -0.137. The van der Waals surface area contributed by atoms with Crippen LogP contribution < -0.4 is 5.73 Å². The van der Waals surface area contributed by atoms with E-state index < -0.39 is 17.5 Å². The number of nitrogen functional groups attached to an aromatic ring is 1. The molecule has 0 spiro atoms. The first-order valence-electron chi connectivity index (χ1n) is 4.94. The van der Waals surface area contributed by atoms with E-state index in [1.807, 2.05) is 0 Å². The van der Waals surface area contributed by atoms with Crippen LogP contribution in [0.25, 0.3) is 11.0 Å². The molecule has 0 fully saturated rings. The molecule has 2 aromatic rings. The van der Waals surface area contributed by atoms with Gasteiger partial charge in [0.25, 0.3) is 0 Å². The van der Waals surface area contributed by atoms with Crippen LogP contribution in [0.2, 0.25) is 0 Å². The normalized spacial score (nSPS) is 11.8. The molecule has 7 heteroatoms. The zero-order valence-electron chi connectivity index (χ0n) is 9.25. The molecular formula is C11H8F3N3O. The van der Waals surface area contributed by atoms with Crippen LogP contribution in [0.1, 0.15) is 23.0 Å². The average Bonchev–Trinajstić information content (AvgIpc) is 2.25. The quantitative estimate of drug-likeness (QED) is 0.794. The number of carbonyl (C=O) groups excluding carboxylic acids is 1. The van der Waals surface area contributed by atoms with Gasteiger partial charge in [-0.3, -0.25) is 4.79 Å². The van der Waals surface area contributed by atoms with E-state index in [0.717, 1.165) is 12.1 Å². The van der Waals surface area contributed by atoms with Gasteiger partial charge in [0.1, 0.15) is 5.69 Å². The molecule has 0 atom stereocenters. The molecule has 0 aliphatic carbocycles. The van der Waals surface area contributed by atoms with Gasteiger partial charge in [-0.05, 0) is 18.2 Å². The lowest BCUT2D eigenvalue weighted by Gasteiger charge is -2.08. The minimum atomic E-state index is -4.46. The number of nitrogens with two attached hydrogens (primary N) is 1. The van der Waals surface area contributed by atoms with Gasteiger partial charge in [-0.15, -0.1) is 0 Å². The smallest absolute Gasteiger partial charge is 0.382 e.